The van der Waals surface area contributed by atoms with Crippen LogP contribution in [0.15, 0.2) is 77.2 Å². The van der Waals surface area contributed by atoms with Crippen LogP contribution in [0.25, 0.3) is 0 Å². The van der Waals surface area contributed by atoms with Gasteiger partial charge in [-0.15, -0.1) is 6.07 Å². The smallest absolute Gasteiger partial charge is 0.596 e. The Morgan fingerprint density at radius 3 is 1.89 bits per heavy atom. The van der Waals surface area contributed by atoms with Gasteiger partial charge in [0.25, 0.3) is 8.32 Å². The molecule has 2 nitrogen and oxygen atoms in total. The molecule has 1 heterocycles. The van der Waals surface area contributed by atoms with Crippen molar-refractivity contribution in [3.63, 3.8) is 0 Å². The van der Waals surface area contributed by atoms with Crippen molar-refractivity contribution in [3.05, 3.63) is 84.8 Å². The molecule has 0 aliphatic carbocycles. The van der Waals surface area contributed by atoms with Crippen molar-refractivity contribution >= 4 is 18.7 Å². The number of hydrogen-bond donors (Lipinski definition) is 0. The summed E-state index contributed by atoms with van der Waals surface area (Å²) in [5, 5.41) is 2.67. The average Bonchev–Trinajstić information content (AvgIpc) is 3.16. The number of hydrogen-bond acceptors (Lipinski definition) is 2. The summed E-state index contributed by atoms with van der Waals surface area (Å²) < 4.78 is 12.2. The maximum atomic E-state index is 6.85. The normalized spacial score (nSPS) is 11.8. The van der Waals surface area contributed by atoms with Gasteiger partial charge in [0, 0.05) is 6.61 Å². The van der Waals surface area contributed by atoms with Crippen LogP contribution in [-0.4, -0.2) is 14.9 Å². The van der Waals surface area contributed by atoms with Gasteiger partial charge >= 0.3 is 18.9 Å². The van der Waals surface area contributed by atoms with Gasteiger partial charge in [-0.1, -0.05) is 93.6 Å². The summed E-state index contributed by atoms with van der Waals surface area (Å²) in [4.78, 5) is 0. The molecule has 0 N–H and O–H groups in total. The molecular weight excluding hydrogens is 343 g/mol. The molecule has 3 aromatic rings. The van der Waals surface area contributed by atoms with E-state index in [1.807, 2.05) is 12.1 Å². The van der Waals surface area contributed by atoms with Gasteiger partial charge < -0.3 is 8.84 Å². The van der Waals surface area contributed by atoms with Crippen molar-refractivity contribution < 1.29 is 27.7 Å². The van der Waals surface area contributed by atoms with Crippen molar-refractivity contribution in [3.8, 4) is 0 Å². The van der Waals surface area contributed by atoms with E-state index in [0.29, 0.717) is 6.61 Å². The van der Waals surface area contributed by atoms with Crippen LogP contribution in [0.2, 0.25) is 5.04 Å². The predicted molar refractivity (Wildman–Crippen MR) is 109 cm³/mol. The number of aryl methyl sites for hydroxylation is 1. The molecular formula is C23H27LiO2Si. The minimum atomic E-state index is -2.41. The van der Waals surface area contributed by atoms with E-state index in [2.05, 4.69) is 87.7 Å². The number of rotatable bonds is 7. The molecule has 0 aliphatic rings. The summed E-state index contributed by atoms with van der Waals surface area (Å²) in [6, 6.07) is 25.3. The zero-order valence-electron chi connectivity index (χ0n) is 16.9. The molecule has 1 aromatic heterocycles. The molecule has 0 atom stereocenters. The third kappa shape index (κ3) is 4.86. The number of furan rings is 1. The van der Waals surface area contributed by atoms with E-state index in [4.69, 9.17) is 8.84 Å². The molecule has 0 radical (unpaired) electrons. The van der Waals surface area contributed by atoms with Crippen LogP contribution in [0, 0.1) is 6.26 Å². The maximum Gasteiger partial charge on any atom is 1.00 e. The summed E-state index contributed by atoms with van der Waals surface area (Å²) in [5.41, 5.74) is 0. The van der Waals surface area contributed by atoms with Crippen molar-refractivity contribution in [2.45, 2.75) is 38.7 Å². The minimum Gasteiger partial charge on any atom is -0.596 e. The van der Waals surface area contributed by atoms with Gasteiger partial charge in [0.1, 0.15) is 0 Å². The third-order valence-electron chi connectivity index (χ3n) is 4.83. The fourth-order valence-corrected chi connectivity index (χ4v) is 8.24. The first kappa shape index (κ1) is 21.8. The van der Waals surface area contributed by atoms with Crippen LogP contribution in [-0.2, 0) is 10.8 Å². The first-order valence-electron chi connectivity index (χ1n) is 9.24. The van der Waals surface area contributed by atoms with E-state index in [0.717, 1.165) is 18.6 Å². The SMILES string of the molecule is CC(C)(C)[Si](OCCCc1cc[c-]o1)(c1ccccc1)c1ccccc1.[Li+]. The molecule has 0 fully saturated rings. The van der Waals surface area contributed by atoms with Crippen molar-refractivity contribution in [1.29, 1.82) is 0 Å². The second-order valence-electron chi connectivity index (χ2n) is 7.63. The van der Waals surface area contributed by atoms with E-state index in [9.17, 15) is 0 Å². The quantitative estimate of drug-likeness (QED) is 0.358. The summed E-state index contributed by atoms with van der Waals surface area (Å²) in [5.74, 6) is 0.969. The van der Waals surface area contributed by atoms with Crippen LogP contribution in [0.1, 0.15) is 33.0 Å². The topological polar surface area (TPSA) is 22.4 Å². The molecule has 27 heavy (non-hydrogen) atoms. The van der Waals surface area contributed by atoms with Gasteiger partial charge in [0.15, 0.2) is 0 Å². The van der Waals surface area contributed by atoms with Crippen molar-refractivity contribution in [2.24, 2.45) is 0 Å². The summed E-state index contributed by atoms with van der Waals surface area (Å²) in [6.45, 7) is 7.64. The van der Waals surface area contributed by atoms with Gasteiger partial charge in [0.2, 0.25) is 0 Å². The third-order valence-corrected chi connectivity index (χ3v) is 9.87. The molecule has 0 saturated carbocycles. The summed E-state index contributed by atoms with van der Waals surface area (Å²) in [6.07, 6.45) is 4.57. The largest absolute Gasteiger partial charge is 1.00 e. The van der Waals surface area contributed by atoms with E-state index < -0.39 is 8.32 Å². The first-order chi connectivity index (χ1) is 12.5. The number of benzene rings is 2. The Morgan fingerprint density at radius 1 is 0.889 bits per heavy atom. The van der Waals surface area contributed by atoms with Gasteiger partial charge in [-0.2, -0.15) is 6.07 Å². The zero-order valence-corrected chi connectivity index (χ0v) is 17.9. The van der Waals surface area contributed by atoms with E-state index >= 15 is 0 Å². The maximum absolute atomic E-state index is 6.85. The Labute approximate surface area is 176 Å². The van der Waals surface area contributed by atoms with Gasteiger partial charge in [-0.05, 0) is 28.1 Å². The molecule has 0 amide bonds. The molecule has 0 spiro atoms. The van der Waals surface area contributed by atoms with Crippen molar-refractivity contribution in [2.75, 3.05) is 6.61 Å². The fourth-order valence-electron chi connectivity index (χ4n) is 3.64. The first-order valence-corrected chi connectivity index (χ1v) is 11.1. The van der Waals surface area contributed by atoms with E-state index in [1.54, 1.807) is 0 Å². The molecule has 0 aliphatic heterocycles. The van der Waals surface area contributed by atoms with Gasteiger partial charge in [-0.3, -0.25) is 0 Å². The Bertz CT molecular complexity index is 741. The van der Waals surface area contributed by atoms with Crippen LogP contribution in [0.4, 0.5) is 0 Å². The summed E-state index contributed by atoms with van der Waals surface area (Å²) in [7, 11) is -2.41. The molecule has 0 saturated heterocycles. The second-order valence-corrected chi connectivity index (χ2v) is 11.9. The van der Waals surface area contributed by atoms with E-state index in [-0.39, 0.29) is 23.9 Å². The second kappa shape index (κ2) is 9.62. The Kier molecular flexibility index (Phi) is 7.76. The predicted octanol–water partition coefficient (Wildman–Crippen LogP) is 1.59. The average molecular weight is 370 g/mol. The molecule has 0 unspecified atom stereocenters. The van der Waals surface area contributed by atoms with Crippen LogP contribution < -0.4 is 29.2 Å². The zero-order chi connectivity index (χ0) is 18.5. The van der Waals surface area contributed by atoms with Crippen LogP contribution in [0.3, 0.4) is 0 Å². The Hall–Kier alpha value is -1.51. The van der Waals surface area contributed by atoms with Crippen molar-refractivity contribution in [1.82, 2.24) is 0 Å². The van der Waals surface area contributed by atoms with Gasteiger partial charge in [0.05, 0.1) is 0 Å². The minimum absolute atomic E-state index is 0. The van der Waals surface area contributed by atoms with Gasteiger partial charge in [-0.25, -0.2) is 0 Å². The summed E-state index contributed by atoms with van der Waals surface area (Å²) >= 11 is 0. The molecule has 4 heteroatoms. The standard InChI is InChI=1S/C23H27O2Si.Li/c1-23(2,3)26(21-14-6-4-7-15-21,22-16-8-5-9-17-22)25-19-11-13-20-12-10-18-24-20;/h4-10,12,14-17H,11,13,19H2,1-3H3;/q-1;+1. The van der Waals surface area contributed by atoms with Crippen LogP contribution >= 0.6 is 0 Å². The molecule has 0 bridgehead atoms. The molecule has 2 aromatic carbocycles. The fraction of sp³-hybridized carbons (Fsp3) is 0.304. The monoisotopic (exact) mass is 370 g/mol. The molecule has 3 rings (SSSR count). The Balaban J connectivity index is 0.00000261. The van der Waals surface area contributed by atoms with Crippen LogP contribution in [0.5, 0.6) is 0 Å². The Morgan fingerprint density at radius 2 is 1.44 bits per heavy atom. The van der Waals surface area contributed by atoms with E-state index in [1.165, 1.54) is 10.4 Å². The molecule has 136 valence electrons.